The zero-order chi connectivity index (χ0) is 21.5. The molecule has 152 valence electrons. The molecule has 0 spiro atoms. The molecule has 0 saturated carbocycles. The predicted molar refractivity (Wildman–Crippen MR) is 121 cm³/mol. The van der Waals surface area contributed by atoms with Gasteiger partial charge in [-0.3, -0.25) is 4.79 Å². The van der Waals surface area contributed by atoms with Crippen LogP contribution in [0.4, 0.5) is 16.2 Å². The number of aryl methyl sites for hydroxylation is 3. The second kappa shape index (κ2) is 9.52. The van der Waals surface area contributed by atoms with Crippen LogP contribution >= 0.6 is 0 Å². The molecule has 6 heteroatoms. The van der Waals surface area contributed by atoms with E-state index in [4.69, 9.17) is 0 Å². The van der Waals surface area contributed by atoms with E-state index in [2.05, 4.69) is 33.3 Å². The van der Waals surface area contributed by atoms with Gasteiger partial charge in [0.25, 0.3) is 5.91 Å². The van der Waals surface area contributed by atoms with Crippen molar-refractivity contribution >= 4 is 29.5 Å². The standard InChI is InChI=1S/C24H24N4O2/c1-16-13-17(2)22(18(3)14-16)15-25-28-23(29)19-9-11-21(12-10-19)27-24(30)26-20-7-5-4-6-8-20/h4-15H,1-3H3,(H,28,29)(H2,26,27,30)/b25-15+. The Morgan fingerprint density at radius 2 is 1.37 bits per heavy atom. The molecule has 0 unspecified atom stereocenters. The van der Waals surface area contributed by atoms with Crippen molar-refractivity contribution in [1.29, 1.82) is 0 Å². The van der Waals surface area contributed by atoms with Crippen LogP contribution in [0.1, 0.15) is 32.6 Å². The number of benzene rings is 3. The molecule has 0 bridgehead atoms. The first-order valence-corrected chi connectivity index (χ1v) is 9.57. The van der Waals surface area contributed by atoms with Gasteiger partial charge in [0.2, 0.25) is 0 Å². The Balaban J connectivity index is 1.57. The zero-order valence-corrected chi connectivity index (χ0v) is 17.2. The number of amides is 3. The van der Waals surface area contributed by atoms with Crippen molar-refractivity contribution in [2.45, 2.75) is 20.8 Å². The smallest absolute Gasteiger partial charge is 0.308 e. The lowest BCUT2D eigenvalue weighted by molar-refractivity contribution is 0.0955. The molecular formula is C24H24N4O2. The van der Waals surface area contributed by atoms with Gasteiger partial charge in [-0.1, -0.05) is 35.9 Å². The minimum absolute atomic E-state index is 0.325. The fourth-order valence-corrected chi connectivity index (χ4v) is 3.13. The molecule has 0 atom stereocenters. The van der Waals surface area contributed by atoms with E-state index >= 15 is 0 Å². The average Bonchev–Trinajstić information content (AvgIpc) is 2.71. The summed E-state index contributed by atoms with van der Waals surface area (Å²) in [5.41, 5.74) is 8.65. The Labute approximate surface area is 176 Å². The molecule has 3 N–H and O–H groups in total. The number of rotatable bonds is 5. The van der Waals surface area contributed by atoms with Gasteiger partial charge in [-0.2, -0.15) is 5.10 Å². The number of hydrazone groups is 1. The van der Waals surface area contributed by atoms with Gasteiger partial charge in [-0.05, 0) is 68.3 Å². The van der Waals surface area contributed by atoms with Crippen LogP contribution in [0.15, 0.2) is 71.8 Å². The van der Waals surface area contributed by atoms with Gasteiger partial charge in [0.15, 0.2) is 0 Å². The molecule has 0 aromatic heterocycles. The van der Waals surface area contributed by atoms with E-state index in [9.17, 15) is 9.59 Å². The molecule has 0 aliphatic rings. The Morgan fingerprint density at radius 3 is 1.97 bits per heavy atom. The van der Waals surface area contributed by atoms with Crippen LogP contribution in [0, 0.1) is 20.8 Å². The van der Waals surface area contributed by atoms with Crippen LogP contribution < -0.4 is 16.1 Å². The summed E-state index contributed by atoms with van der Waals surface area (Å²) in [6.45, 7) is 6.08. The number of urea groups is 1. The maximum absolute atomic E-state index is 12.3. The zero-order valence-electron chi connectivity index (χ0n) is 17.2. The predicted octanol–water partition coefficient (Wildman–Crippen LogP) is 5.02. The maximum atomic E-state index is 12.3. The van der Waals surface area contributed by atoms with Gasteiger partial charge >= 0.3 is 6.03 Å². The van der Waals surface area contributed by atoms with E-state index in [-0.39, 0.29) is 11.9 Å². The highest BCUT2D eigenvalue weighted by atomic mass is 16.2. The lowest BCUT2D eigenvalue weighted by Crippen LogP contribution is -2.20. The van der Waals surface area contributed by atoms with Crippen molar-refractivity contribution in [2.24, 2.45) is 5.10 Å². The molecule has 0 aliphatic heterocycles. The molecule has 0 radical (unpaired) electrons. The molecule has 0 fully saturated rings. The van der Waals surface area contributed by atoms with Gasteiger partial charge in [0, 0.05) is 22.5 Å². The minimum atomic E-state index is -0.355. The number of nitrogens with one attached hydrogen (secondary N) is 3. The second-order valence-corrected chi connectivity index (χ2v) is 7.03. The van der Waals surface area contributed by atoms with Gasteiger partial charge in [-0.15, -0.1) is 0 Å². The number of carbonyl (C=O) groups is 2. The lowest BCUT2D eigenvalue weighted by atomic mass is 10.0. The Hall–Kier alpha value is -3.93. The number of nitrogens with zero attached hydrogens (tertiary/aromatic N) is 1. The highest BCUT2D eigenvalue weighted by Crippen LogP contribution is 2.14. The van der Waals surface area contributed by atoms with Crippen LogP contribution in [0.2, 0.25) is 0 Å². The van der Waals surface area contributed by atoms with Crippen LogP contribution in [0.5, 0.6) is 0 Å². The number of hydrogen-bond acceptors (Lipinski definition) is 3. The van der Waals surface area contributed by atoms with Crippen LogP contribution in [-0.4, -0.2) is 18.2 Å². The quantitative estimate of drug-likeness (QED) is 0.415. The van der Waals surface area contributed by atoms with E-state index in [1.54, 1.807) is 42.6 Å². The van der Waals surface area contributed by atoms with Crippen LogP contribution in [0.25, 0.3) is 0 Å². The summed E-state index contributed by atoms with van der Waals surface area (Å²) in [5, 5.41) is 9.54. The van der Waals surface area contributed by atoms with Crippen molar-refractivity contribution in [3.8, 4) is 0 Å². The monoisotopic (exact) mass is 400 g/mol. The van der Waals surface area contributed by atoms with E-state index in [0.717, 1.165) is 16.7 Å². The first kappa shape index (κ1) is 20.8. The first-order chi connectivity index (χ1) is 14.4. The minimum Gasteiger partial charge on any atom is -0.308 e. The fraction of sp³-hybridized carbons (Fsp3) is 0.125. The topological polar surface area (TPSA) is 82.6 Å². The Morgan fingerprint density at radius 1 is 0.800 bits per heavy atom. The maximum Gasteiger partial charge on any atom is 0.323 e. The normalized spacial score (nSPS) is 10.6. The van der Waals surface area contributed by atoms with Gasteiger partial charge in [0.1, 0.15) is 0 Å². The van der Waals surface area contributed by atoms with Crippen molar-refractivity contribution in [3.05, 3.63) is 94.5 Å². The lowest BCUT2D eigenvalue weighted by Gasteiger charge is -2.08. The average molecular weight is 400 g/mol. The van der Waals surface area contributed by atoms with Crippen LogP contribution in [0.3, 0.4) is 0 Å². The first-order valence-electron chi connectivity index (χ1n) is 9.57. The summed E-state index contributed by atoms with van der Waals surface area (Å²) in [5.74, 6) is -0.325. The molecule has 3 aromatic carbocycles. The summed E-state index contributed by atoms with van der Waals surface area (Å²) in [6, 6.07) is 19.5. The molecule has 3 rings (SSSR count). The summed E-state index contributed by atoms with van der Waals surface area (Å²) >= 11 is 0. The second-order valence-electron chi connectivity index (χ2n) is 7.03. The molecule has 6 nitrogen and oxygen atoms in total. The van der Waals surface area contributed by atoms with Crippen molar-refractivity contribution in [3.63, 3.8) is 0 Å². The largest absolute Gasteiger partial charge is 0.323 e. The third kappa shape index (κ3) is 5.54. The Kier molecular flexibility index (Phi) is 6.60. The molecule has 0 heterocycles. The number of para-hydroxylation sites is 1. The summed E-state index contributed by atoms with van der Waals surface area (Å²) in [6.07, 6.45) is 1.66. The van der Waals surface area contributed by atoms with Gasteiger partial charge < -0.3 is 10.6 Å². The third-order valence-electron chi connectivity index (χ3n) is 4.53. The number of carbonyl (C=O) groups excluding carboxylic acids is 2. The van der Waals surface area contributed by atoms with Crippen LogP contribution in [-0.2, 0) is 0 Å². The Bertz CT molecular complexity index is 1050. The van der Waals surface area contributed by atoms with E-state index < -0.39 is 0 Å². The van der Waals surface area contributed by atoms with Crippen molar-refractivity contribution in [1.82, 2.24) is 5.43 Å². The van der Waals surface area contributed by atoms with E-state index in [1.807, 2.05) is 39.0 Å². The summed E-state index contributed by atoms with van der Waals surface area (Å²) in [4.78, 5) is 24.3. The number of anilines is 2. The highest BCUT2D eigenvalue weighted by molar-refractivity contribution is 6.00. The summed E-state index contributed by atoms with van der Waals surface area (Å²) < 4.78 is 0. The molecule has 30 heavy (non-hydrogen) atoms. The third-order valence-corrected chi connectivity index (χ3v) is 4.53. The fourth-order valence-electron chi connectivity index (χ4n) is 3.13. The van der Waals surface area contributed by atoms with E-state index in [1.165, 1.54) is 5.56 Å². The van der Waals surface area contributed by atoms with Crippen molar-refractivity contribution < 1.29 is 9.59 Å². The number of hydrogen-bond donors (Lipinski definition) is 3. The molecule has 0 saturated heterocycles. The van der Waals surface area contributed by atoms with E-state index in [0.29, 0.717) is 16.9 Å². The SMILES string of the molecule is Cc1cc(C)c(/C=N/NC(=O)c2ccc(NC(=O)Nc3ccccc3)cc2)c(C)c1. The molecule has 3 aromatic rings. The van der Waals surface area contributed by atoms with Crippen molar-refractivity contribution in [2.75, 3.05) is 10.6 Å². The molecular weight excluding hydrogens is 376 g/mol. The summed E-state index contributed by atoms with van der Waals surface area (Å²) in [7, 11) is 0. The van der Waals surface area contributed by atoms with Gasteiger partial charge in [-0.25, -0.2) is 10.2 Å². The highest BCUT2D eigenvalue weighted by Gasteiger charge is 2.07. The molecule has 0 aliphatic carbocycles. The van der Waals surface area contributed by atoms with Gasteiger partial charge in [0.05, 0.1) is 6.21 Å². The molecule has 3 amide bonds.